The standard InChI is InChI=1S/C8H16N2O3S/c1-6(5-9)14(12,13)10-8(3,4)7(2)11/h6-7,10-11H,1-4H3. The lowest BCUT2D eigenvalue weighted by molar-refractivity contribution is 0.111. The number of nitrogens with one attached hydrogen (secondary N) is 1. The summed E-state index contributed by atoms with van der Waals surface area (Å²) in [5.41, 5.74) is -0.968. The number of aliphatic hydroxyl groups excluding tert-OH is 1. The number of hydrogen-bond donors (Lipinski definition) is 2. The molecule has 0 rings (SSSR count). The quantitative estimate of drug-likeness (QED) is 0.696. The van der Waals surface area contributed by atoms with Crippen molar-refractivity contribution in [2.45, 2.75) is 44.6 Å². The van der Waals surface area contributed by atoms with Crippen LogP contribution in [0.25, 0.3) is 0 Å². The number of rotatable bonds is 4. The first-order chi connectivity index (χ1) is 6.13. The van der Waals surface area contributed by atoms with E-state index in [-0.39, 0.29) is 0 Å². The lowest BCUT2D eigenvalue weighted by Gasteiger charge is -2.29. The minimum absolute atomic E-state index is 0.830. The van der Waals surface area contributed by atoms with Gasteiger partial charge >= 0.3 is 0 Å². The molecule has 0 heterocycles. The molecule has 0 aromatic carbocycles. The molecule has 82 valence electrons. The molecule has 2 unspecified atom stereocenters. The molecule has 0 spiro atoms. The van der Waals surface area contributed by atoms with Crippen LogP contribution in [0, 0.1) is 11.3 Å². The van der Waals surface area contributed by atoms with Crippen molar-refractivity contribution in [1.29, 1.82) is 5.26 Å². The zero-order valence-corrected chi connectivity index (χ0v) is 9.59. The molecular formula is C8H16N2O3S. The minimum Gasteiger partial charge on any atom is -0.391 e. The first-order valence-corrected chi connectivity index (χ1v) is 5.78. The number of nitriles is 1. The maximum atomic E-state index is 11.4. The van der Waals surface area contributed by atoms with Gasteiger partial charge in [0.15, 0.2) is 5.25 Å². The van der Waals surface area contributed by atoms with Gasteiger partial charge in [-0.05, 0) is 27.7 Å². The first-order valence-electron chi connectivity index (χ1n) is 4.24. The molecule has 0 saturated carbocycles. The molecule has 14 heavy (non-hydrogen) atoms. The van der Waals surface area contributed by atoms with Crippen LogP contribution in [0.1, 0.15) is 27.7 Å². The van der Waals surface area contributed by atoms with Crippen molar-refractivity contribution in [3.63, 3.8) is 0 Å². The van der Waals surface area contributed by atoms with E-state index in [9.17, 15) is 13.5 Å². The number of nitrogens with zero attached hydrogens (tertiary/aromatic N) is 1. The molecular weight excluding hydrogens is 204 g/mol. The molecule has 0 fully saturated rings. The second-order valence-corrected chi connectivity index (χ2v) is 5.82. The van der Waals surface area contributed by atoms with Gasteiger partial charge in [0.2, 0.25) is 10.0 Å². The average molecular weight is 220 g/mol. The number of aliphatic hydroxyl groups is 1. The van der Waals surface area contributed by atoms with Gasteiger partial charge in [0, 0.05) is 0 Å². The molecule has 0 aromatic heterocycles. The van der Waals surface area contributed by atoms with E-state index in [2.05, 4.69) is 4.72 Å². The van der Waals surface area contributed by atoms with Gasteiger partial charge in [-0.1, -0.05) is 0 Å². The summed E-state index contributed by atoms with van der Waals surface area (Å²) in [6.45, 7) is 5.89. The van der Waals surface area contributed by atoms with Gasteiger partial charge in [0.25, 0.3) is 0 Å². The molecule has 0 aliphatic rings. The van der Waals surface area contributed by atoms with Gasteiger partial charge in [0.05, 0.1) is 17.7 Å². The highest BCUT2D eigenvalue weighted by molar-refractivity contribution is 7.90. The lowest BCUT2D eigenvalue weighted by atomic mass is 10.0. The first kappa shape index (κ1) is 13.4. The Morgan fingerprint density at radius 2 is 1.86 bits per heavy atom. The minimum atomic E-state index is -3.68. The van der Waals surface area contributed by atoms with E-state index in [1.807, 2.05) is 0 Å². The zero-order valence-electron chi connectivity index (χ0n) is 8.77. The van der Waals surface area contributed by atoms with Crippen LogP contribution < -0.4 is 4.72 Å². The summed E-state index contributed by atoms with van der Waals surface area (Å²) in [6.07, 6.45) is -0.830. The maximum absolute atomic E-state index is 11.4. The molecule has 0 aromatic rings. The van der Waals surface area contributed by atoms with Crippen LogP contribution in [-0.4, -0.2) is 30.4 Å². The van der Waals surface area contributed by atoms with Crippen LogP contribution in [0.3, 0.4) is 0 Å². The van der Waals surface area contributed by atoms with Crippen LogP contribution in [-0.2, 0) is 10.0 Å². The van der Waals surface area contributed by atoms with Crippen molar-refractivity contribution >= 4 is 10.0 Å². The summed E-state index contributed by atoms with van der Waals surface area (Å²) >= 11 is 0. The van der Waals surface area contributed by atoms with Crippen molar-refractivity contribution in [2.24, 2.45) is 0 Å². The Kier molecular flexibility index (Phi) is 4.06. The molecule has 0 amide bonds. The van der Waals surface area contributed by atoms with Crippen LogP contribution >= 0.6 is 0 Å². The van der Waals surface area contributed by atoms with Crippen molar-refractivity contribution in [3.05, 3.63) is 0 Å². The fourth-order valence-corrected chi connectivity index (χ4v) is 1.83. The third-order valence-electron chi connectivity index (χ3n) is 2.10. The van der Waals surface area contributed by atoms with E-state index in [1.165, 1.54) is 13.8 Å². The highest BCUT2D eigenvalue weighted by atomic mass is 32.2. The Morgan fingerprint density at radius 3 is 2.14 bits per heavy atom. The summed E-state index contributed by atoms with van der Waals surface area (Å²) in [5.74, 6) is 0. The molecule has 5 nitrogen and oxygen atoms in total. The second-order valence-electron chi connectivity index (χ2n) is 3.82. The van der Waals surface area contributed by atoms with E-state index in [1.54, 1.807) is 19.9 Å². The molecule has 0 bridgehead atoms. The highest BCUT2D eigenvalue weighted by Gasteiger charge is 2.32. The molecule has 2 atom stereocenters. The van der Waals surface area contributed by atoms with Crippen molar-refractivity contribution in [3.8, 4) is 6.07 Å². The van der Waals surface area contributed by atoms with E-state index < -0.39 is 26.9 Å². The number of hydrogen-bond acceptors (Lipinski definition) is 4. The average Bonchev–Trinajstić information content (AvgIpc) is 2.00. The Labute approximate surface area is 84.8 Å². The predicted octanol–water partition coefficient (Wildman–Crippen LogP) is -0.0227. The largest absolute Gasteiger partial charge is 0.391 e. The maximum Gasteiger partial charge on any atom is 0.228 e. The molecule has 0 radical (unpaired) electrons. The summed E-state index contributed by atoms with van der Waals surface area (Å²) in [4.78, 5) is 0. The number of sulfonamides is 1. The van der Waals surface area contributed by atoms with E-state index in [4.69, 9.17) is 5.26 Å². The Bertz CT molecular complexity index is 327. The molecule has 0 saturated heterocycles. The summed E-state index contributed by atoms with van der Waals surface area (Å²) in [6, 6.07) is 1.63. The molecule has 0 aliphatic heterocycles. The topological polar surface area (TPSA) is 90.2 Å². The monoisotopic (exact) mass is 220 g/mol. The van der Waals surface area contributed by atoms with E-state index in [0.717, 1.165) is 0 Å². The highest BCUT2D eigenvalue weighted by Crippen LogP contribution is 2.12. The van der Waals surface area contributed by atoms with E-state index in [0.29, 0.717) is 0 Å². The Hall–Kier alpha value is -0.640. The smallest absolute Gasteiger partial charge is 0.228 e. The third-order valence-corrected chi connectivity index (χ3v) is 3.94. The van der Waals surface area contributed by atoms with Crippen molar-refractivity contribution in [2.75, 3.05) is 0 Å². The predicted molar refractivity (Wildman–Crippen MR) is 52.9 cm³/mol. The fourth-order valence-electron chi connectivity index (χ4n) is 0.610. The summed E-state index contributed by atoms with van der Waals surface area (Å²) < 4.78 is 25.2. The Morgan fingerprint density at radius 1 is 1.43 bits per heavy atom. The van der Waals surface area contributed by atoms with Gasteiger partial charge in [0.1, 0.15) is 0 Å². The van der Waals surface area contributed by atoms with Crippen LogP contribution in [0.15, 0.2) is 0 Å². The Balaban J connectivity index is 4.79. The van der Waals surface area contributed by atoms with Gasteiger partial charge in [-0.2, -0.15) is 5.26 Å². The van der Waals surface area contributed by atoms with Crippen LogP contribution in [0.5, 0.6) is 0 Å². The fraction of sp³-hybridized carbons (Fsp3) is 0.875. The van der Waals surface area contributed by atoms with E-state index >= 15 is 0 Å². The van der Waals surface area contributed by atoms with Crippen LogP contribution in [0.4, 0.5) is 0 Å². The van der Waals surface area contributed by atoms with Gasteiger partial charge in [-0.25, -0.2) is 13.1 Å². The SMILES string of the molecule is CC(O)C(C)(C)NS(=O)(=O)C(C)C#N. The zero-order chi connectivity index (χ0) is 11.6. The lowest BCUT2D eigenvalue weighted by Crippen LogP contribution is -2.52. The molecule has 6 heteroatoms. The van der Waals surface area contributed by atoms with Crippen molar-refractivity contribution < 1.29 is 13.5 Å². The van der Waals surface area contributed by atoms with Crippen LogP contribution in [0.2, 0.25) is 0 Å². The van der Waals surface area contributed by atoms with Gasteiger partial charge in [-0.15, -0.1) is 0 Å². The molecule has 0 aliphatic carbocycles. The van der Waals surface area contributed by atoms with Crippen molar-refractivity contribution in [1.82, 2.24) is 4.72 Å². The second kappa shape index (κ2) is 4.26. The normalized spacial score (nSPS) is 17.1. The van der Waals surface area contributed by atoms with Gasteiger partial charge < -0.3 is 5.11 Å². The van der Waals surface area contributed by atoms with Gasteiger partial charge in [-0.3, -0.25) is 0 Å². The third kappa shape index (κ3) is 3.25. The summed E-state index contributed by atoms with van der Waals surface area (Å²) in [7, 11) is -3.68. The molecule has 2 N–H and O–H groups in total. The summed E-state index contributed by atoms with van der Waals surface area (Å²) in [5, 5.41) is 16.6.